The first-order valence-corrected chi connectivity index (χ1v) is 3.53. The highest BCUT2D eigenvalue weighted by Gasteiger charge is 2.17. The van der Waals surface area contributed by atoms with Crippen LogP contribution in [0.4, 0.5) is 22.0 Å². The standard InChI is InChI=1S/C8H5F5O/c9-4-1-2-5(7(10)11)6(3-4)14-8(12)13/h1-3,7-8H. The van der Waals surface area contributed by atoms with Crippen molar-refractivity contribution < 1.29 is 26.7 Å². The van der Waals surface area contributed by atoms with E-state index in [1.54, 1.807) is 0 Å². The molecular weight excluding hydrogens is 207 g/mol. The zero-order chi connectivity index (χ0) is 10.7. The molecular formula is C8H5F5O. The minimum Gasteiger partial charge on any atom is -0.434 e. The van der Waals surface area contributed by atoms with Gasteiger partial charge in [0.1, 0.15) is 11.6 Å². The van der Waals surface area contributed by atoms with E-state index in [1.165, 1.54) is 0 Å². The van der Waals surface area contributed by atoms with Crippen molar-refractivity contribution in [2.45, 2.75) is 13.0 Å². The molecule has 0 unspecified atom stereocenters. The summed E-state index contributed by atoms with van der Waals surface area (Å²) in [4.78, 5) is 0. The van der Waals surface area contributed by atoms with Gasteiger partial charge in [0.05, 0.1) is 5.56 Å². The molecule has 0 saturated carbocycles. The summed E-state index contributed by atoms with van der Waals surface area (Å²) < 4.78 is 64.0. The molecule has 6 heteroatoms. The van der Waals surface area contributed by atoms with Crippen molar-refractivity contribution >= 4 is 0 Å². The minimum absolute atomic E-state index is 0.494. The summed E-state index contributed by atoms with van der Waals surface area (Å²) in [7, 11) is 0. The topological polar surface area (TPSA) is 9.23 Å². The van der Waals surface area contributed by atoms with E-state index in [2.05, 4.69) is 4.74 Å². The number of hydrogen-bond donors (Lipinski definition) is 0. The van der Waals surface area contributed by atoms with Crippen molar-refractivity contribution in [2.75, 3.05) is 0 Å². The second-order valence-corrected chi connectivity index (χ2v) is 2.36. The Hall–Kier alpha value is -1.33. The highest BCUT2D eigenvalue weighted by atomic mass is 19.3. The van der Waals surface area contributed by atoms with Gasteiger partial charge in [-0.05, 0) is 12.1 Å². The maximum Gasteiger partial charge on any atom is 0.387 e. The summed E-state index contributed by atoms with van der Waals surface area (Å²) in [6, 6.07) is 1.95. The molecule has 1 nitrogen and oxygen atoms in total. The highest BCUT2D eigenvalue weighted by molar-refractivity contribution is 5.34. The average molecular weight is 212 g/mol. The predicted molar refractivity (Wildman–Crippen MR) is 38.0 cm³/mol. The van der Waals surface area contributed by atoms with Gasteiger partial charge in [-0.3, -0.25) is 0 Å². The van der Waals surface area contributed by atoms with Crippen LogP contribution >= 0.6 is 0 Å². The third-order valence-electron chi connectivity index (χ3n) is 1.43. The number of hydrogen-bond acceptors (Lipinski definition) is 1. The van der Waals surface area contributed by atoms with Gasteiger partial charge in [-0.15, -0.1) is 0 Å². The minimum atomic E-state index is -3.26. The maximum atomic E-state index is 12.5. The van der Waals surface area contributed by atoms with Crippen molar-refractivity contribution in [3.8, 4) is 5.75 Å². The molecule has 0 radical (unpaired) electrons. The molecule has 1 aromatic rings. The van der Waals surface area contributed by atoms with Crippen LogP contribution in [-0.2, 0) is 0 Å². The van der Waals surface area contributed by atoms with Crippen LogP contribution in [0.1, 0.15) is 12.0 Å². The summed E-state index contributed by atoms with van der Waals surface area (Å²) >= 11 is 0. The van der Waals surface area contributed by atoms with E-state index in [1.807, 2.05) is 0 Å². The van der Waals surface area contributed by atoms with Gasteiger partial charge in [0.2, 0.25) is 0 Å². The van der Waals surface area contributed by atoms with Gasteiger partial charge in [-0.1, -0.05) is 0 Å². The van der Waals surface area contributed by atoms with Crippen molar-refractivity contribution in [1.82, 2.24) is 0 Å². The van der Waals surface area contributed by atoms with Gasteiger partial charge in [0.15, 0.2) is 0 Å². The van der Waals surface area contributed by atoms with E-state index in [4.69, 9.17) is 0 Å². The molecule has 0 N–H and O–H groups in total. The molecule has 0 aliphatic heterocycles. The second-order valence-electron chi connectivity index (χ2n) is 2.36. The lowest BCUT2D eigenvalue weighted by Crippen LogP contribution is -2.05. The first-order valence-electron chi connectivity index (χ1n) is 3.53. The van der Waals surface area contributed by atoms with Crippen LogP contribution in [0, 0.1) is 5.82 Å². The van der Waals surface area contributed by atoms with Gasteiger partial charge in [-0.25, -0.2) is 13.2 Å². The van der Waals surface area contributed by atoms with E-state index in [9.17, 15) is 22.0 Å². The summed E-state index contributed by atoms with van der Waals surface area (Å²) in [5.74, 6) is -1.75. The SMILES string of the molecule is Fc1ccc(C(F)F)c(OC(F)F)c1. The zero-order valence-electron chi connectivity index (χ0n) is 6.68. The Morgan fingerprint density at radius 3 is 2.21 bits per heavy atom. The van der Waals surface area contributed by atoms with E-state index < -0.39 is 30.2 Å². The lowest BCUT2D eigenvalue weighted by Gasteiger charge is -2.09. The van der Waals surface area contributed by atoms with Gasteiger partial charge >= 0.3 is 6.61 Å². The fraction of sp³-hybridized carbons (Fsp3) is 0.250. The molecule has 0 spiro atoms. The molecule has 0 aromatic heterocycles. The normalized spacial score (nSPS) is 11.1. The van der Waals surface area contributed by atoms with Crippen LogP contribution in [0.5, 0.6) is 5.75 Å². The molecule has 0 heterocycles. The van der Waals surface area contributed by atoms with Crippen LogP contribution < -0.4 is 4.74 Å². The third kappa shape index (κ3) is 2.58. The first-order chi connectivity index (χ1) is 6.50. The van der Waals surface area contributed by atoms with Crippen LogP contribution in [-0.4, -0.2) is 6.61 Å². The molecule has 1 aromatic carbocycles. The van der Waals surface area contributed by atoms with Crippen LogP contribution in [0.15, 0.2) is 18.2 Å². The summed E-state index contributed by atoms with van der Waals surface area (Å²) in [6.45, 7) is -3.26. The molecule has 0 bridgehead atoms. The Morgan fingerprint density at radius 2 is 1.71 bits per heavy atom. The fourth-order valence-corrected chi connectivity index (χ4v) is 0.887. The Morgan fingerprint density at radius 1 is 1.07 bits per heavy atom. The lowest BCUT2D eigenvalue weighted by molar-refractivity contribution is -0.0521. The van der Waals surface area contributed by atoms with Crippen molar-refractivity contribution in [3.05, 3.63) is 29.6 Å². The molecule has 0 saturated heterocycles. The largest absolute Gasteiger partial charge is 0.434 e. The number of halogens is 5. The molecule has 0 aliphatic carbocycles. The zero-order valence-corrected chi connectivity index (χ0v) is 6.68. The molecule has 0 fully saturated rings. The van der Waals surface area contributed by atoms with E-state index in [-0.39, 0.29) is 0 Å². The van der Waals surface area contributed by atoms with Crippen molar-refractivity contribution in [3.63, 3.8) is 0 Å². The van der Waals surface area contributed by atoms with Crippen molar-refractivity contribution in [1.29, 1.82) is 0 Å². The predicted octanol–water partition coefficient (Wildman–Crippen LogP) is 3.36. The summed E-state index contributed by atoms with van der Waals surface area (Å²) in [6.07, 6.45) is -2.98. The molecule has 0 aliphatic rings. The number of ether oxygens (including phenoxy) is 1. The van der Waals surface area contributed by atoms with Crippen LogP contribution in [0.2, 0.25) is 0 Å². The third-order valence-corrected chi connectivity index (χ3v) is 1.43. The van der Waals surface area contributed by atoms with Gasteiger partial charge < -0.3 is 4.74 Å². The van der Waals surface area contributed by atoms with Crippen molar-refractivity contribution in [2.24, 2.45) is 0 Å². The highest BCUT2D eigenvalue weighted by Crippen LogP contribution is 2.30. The molecule has 14 heavy (non-hydrogen) atoms. The number of benzene rings is 1. The van der Waals surface area contributed by atoms with Crippen LogP contribution in [0.3, 0.4) is 0 Å². The van der Waals surface area contributed by atoms with Gasteiger partial charge in [0, 0.05) is 6.07 Å². The van der Waals surface area contributed by atoms with Crippen LogP contribution in [0.25, 0.3) is 0 Å². The number of rotatable bonds is 3. The molecule has 0 amide bonds. The Kier molecular flexibility index (Phi) is 3.27. The smallest absolute Gasteiger partial charge is 0.387 e. The summed E-state index contributed by atoms with van der Waals surface area (Å²) in [5.41, 5.74) is -0.758. The molecule has 78 valence electrons. The average Bonchev–Trinajstić information content (AvgIpc) is 2.01. The van der Waals surface area contributed by atoms with Gasteiger partial charge in [-0.2, -0.15) is 8.78 Å². The lowest BCUT2D eigenvalue weighted by atomic mass is 10.2. The fourth-order valence-electron chi connectivity index (χ4n) is 0.887. The number of alkyl halides is 4. The molecule has 0 atom stereocenters. The maximum absolute atomic E-state index is 12.5. The monoisotopic (exact) mass is 212 g/mol. The van der Waals surface area contributed by atoms with Gasteiger partial charge in [0.25, 0.3) is 6.43 Å². The Balaban J connectivity index is 3.03. The summed E-state index contributed by atoms with van der Waals surface area (Å²) in [5, 5.41) is 0. The second kappa shape index (κ2) is 4.26. The van der Waals surface area contributed by atoms with E-state index in [0.29, 0.717) is 12.1 Å². The van der Waals surface area contributed by atoms with E-state index >= 15 is 0 Å². The van der Waals surface area contributed by atoms with E-state index in [0.717, 1.165) is 6.07 Å². The Labute approximate surface area is 76.1 Å². The quantitative estimate of drug-likeness (QED) is 0.698. The first kappa shape index (κ1) is 10.7. The Bertz CT molecular complexity index is 313. The molecule has 1 rings (SSSR count).